The van der Waals surface area contributed by atoms with Gasteiger partial charge in [0.25, 0.3) is 0 Å². The third-order valence-corrected chi connectivity index (χ3v) is 6.11. The maximum atomic E-state index is 12.2. The highest BCUT2D eigenvalue weighted by Crippen LogP contribution is 2.23. The number of fused-ring (bicyclic) bond motifs is 1. The molecule has 0 aliphatic carbocycles. The van der Waals surface area contributed by atoms with Crippen molar-refractivity contribution >= 4 is 29.0 Å². The summed E-state index contributed by atoms with van der Waals surface area (Å²) in [6.07, 6.45) is 1.02. The largest absolute Gasteiger partial charge is 0.337 e. The Hall–Kier alpha value is -0.560. The number of thiophene rings is 1. The van der Waals surface area contributed by atoms with E-state index >= 15 is 0 Å². The molecule has 0 unspecified atom stereocenters. The molecule has 3 rings (SSSR count). The Morgan fingerprint density at radius 2 is 2.14 bits per heavy atom. The van der Waals surface area contributed by atoms with Crippen LogP contribution in [0.5, 0.6) is 0 Å². The van der Waals surface area contributed by atoms with Gasteiger partial charge in [0.2, 0.25) is 5.91 Å². The van der Waals surface area contributed by atoms with Crippen molar-refractivity contribution in [3.05, 3.63) is 21.9 Å². The molecule has 1 amide bonds. The first-order chi connectivity index (χ1) is 10.3. The van der Waals surface area contributed by atoms with Crippen molar-refractivity contribution in [3.63, 3.8) is 0 Å². The second-order valence-electron chi connectivity index (χ2n) is 5.57. The Balaban J connectivity index is 1.35. The fourth-order valence-electron chi connectivity index (χ4n) is 2.83. The van der Waals surface area contributed by atoms with Gasteiger partial charge >= 0.3 is 0 Å². The molecular weight excluding hydrogens is 302 g/mol. The Labute approximate surface area is 134 Å². The summed E-state index contributed by atoms with van der Waals surface area (Å²) >= 11 is 3.85. The molecule has 0 aromatic carbocycles. The first-order valence-corrected chi connectivity index (χ1v) is 9.70. The van der Waals surface area contributed by atoms with E-state index in [1.807, 2.05) is 28.0 Å². The molecule has 6 heteroatoms. The van der Waals surface area contributed by atoms with Crippen LogP contribution in [0.4, 0.5) is 0 Å². The van der Waals surface area contributed by atoms with Crippen LogP contribution in [0.15, 0.2) is 11.4 Å². The summed E-state index contributed by atoms with van der Waals surface area (Å²) in [7, 11) is 0. The van der Waals surface area contributed by atoms with E-state index < -0.39 is 0 Å². The minimum Gasteiger partial charge on any atom is -0.337 e. The monoisotopic (exact) mass is 325 g/mol. The minimum absolute atomic E-state index is 0.237. The van der Waals surface area contributed by atoms with E-state index in [2.05, 4.69) is 21.7 Å². The molecule has 1 aromatic rings. The minimum atomic E-state index is 0.237. The molecule has 1 saturated heterocycles. The normalized spacial score (nSPS) is 19.5. The van der Waals surface area contributed by atoms with Gasteiger partial charge in [0.05, 0.1) is 6.54 Å². The molecule has 0 spiro atoms. The lowest BCUT2D eigenvalue weighted by atomic mass is 10.1. The lowest BCUT2D eigenvalue weighted by Gasteiger charge is -2.28. The Morgan fingerprint density at radius 3 is 3.00 bits per heavy atom. The number of thioether (sulfide) groups is 1. The van der Waals surface area contributed by atoms with E-state index in [0.717, 1.165) is 32.6 Å². The van der Waals surface area contributed by atoms with Gasteiger partial charge in [-0.2, -0.15) is 11.8 Å². The Kier molecular flexibility index (Phi) is 5.57. The van der Waals surface area contributed by atoms with E-state index in [1.54, 1.807) is 0 Å². The average Bonchev–Trinajstić information content (AvgIpc) is 3.00. The van der Waals surface area contributed by atoms with Gasteiger partial charge in [-0.15, -0.1) is 11.3 Å². The predicted molar refractivity (Wildman–Crippen MR) is 90.1 cm³/mol. The second kappa shape index (κ2) is 7.63. The van der Waals surface area contributed by atoms with Crippen LogP contribution < -0.4 is 5.32 Å². The van der Waals surface area contributed by atoms with Crippen LogP contribution in [-0.2, 0) is 17.8 Å². The molecule has 1 fully saturated rings. The highest BCUT2D eigenvalue weighted by molar-refractivity contribution is 7.99. The summed E-state index contributed by atoms with van der Waals surface area (Å²) < 4.78 is 0. The number of hydrogen-bond donors (Lipinski definition) is 1. The molecule has 0 saturated carbocycles. The Morgan fingerprint density at radius 1 is 1.29 bits per heavy atom. The molecule has 2 aliphatic heterocycles. The molecular formula is C15H23N3OS2. The van der Waals surface area contributed by atoms with Gasteiger partial charge < -0.3 is 15.1 Å². The van der Waals surface area contributed by atoms with E-state index in [-0.39, 0.29) is 5.91 Å². The van der Waals surface area contributed by atoms with Crippen molar-refractivity contribution in [2.75, 3.05) is 50.8 Å². The highest BCUT2D eigenvalue weighted by atomic mass is 32.2. The molecule has 1 N–H and O–H groups in total. The van der Waals surface area contributed by atoms with Crippen LogP contribution in [0.2, 0.25) is 0 Å². The SMILES string of the molecule is O=C(CNCCN1CCSCC1)N1CCc2sccc2C1. The van der Waals surface area contributed by atoms with Crippen LogP contribution >= 0.6 is 23.1 Å². The second-order valence-corrected chi connectivity index (χ2v) is 7.79. The molecule has 3 heterocycles. The zero-order valence-electron chi connectivity index (χ0n) is 12.3. The van der Waals surface area contributed by atoms with Gasteiger partial charge in [-0.25, -0.2) is 0 Å². The van der Waals surface area contributed by atoms with Gasteiger partial charge in [-0.05, 0) is 23.4 Å². The van der Waals surface area contributed by atoms with Crippen molar-refractivity contribution in [1.82, 2.24) is 15.1 Å². The number of carbonyl (C=O) groups is 1. The maximum Gasteiger partial charge on any atom is 0.236 e. The topological polar surface area (TPSA) is 35.6 Å². The van der Waals surface area contributed by atoms with Crippen molar-refractivity contribution in [2.45, 2.75) is 13.0 Å². The van der Waals surface area contributed by atoms with Gasteiger partial charge in [0.15, 0.2) is 0 Å². The van der Waals surface area contributed by atoms with Crippen molar-refractivity contribution < 1.29 is 4.79 Å². The van der Waals surface area contributed by atoms with Gasteiger partial charge in [-0.3, -0.25) is 4.79 Å². The fourth-order valence-corrected chi connectivity index (χ4v) is 4.70. The molecule has 1 aromatic heterocycles. The smallest absolute Gasteiger partial charge is 0.236 e. The predicted octanol–water partition coefficient (Wildman–Crippen LogP) is 1.27. The number of nitrogens with zero attached hydrogens (tertiary/aromatic N) is 2. The van der Waals surface area contributed by atoms with Crippen LogP contribution in [0.1, 0.15) is 10.4 Å². The first kappa shape index (κ1) is 15.3. The van der Waals surface area contributed by atoms with Gasteiger partial charge in [-0.1, -0.05) is 0 Å². The van der Waals surface area contributed by atoms with Crippen molar-refractivity contribution in [2.24, 2.45) is 0 Å². The molecule has 21 heavy (non-hydrogen) atoms. The molecule has 2 aliphatic rings. The van der Waals surface area contributed by atoms with E-state index in [1.165, 1.54) is 35.0 Å². The third kappa shape index (κ3) is 4.22. The molecule has 0 atom stereocenters. The summed E-state index contributed by atoms with van der Waals surface area (Å²) in [5.41, 5.74) is 1.34. The Bertz CT molecular complexity index is 471. The molecule has 0 bridgehead atoms. The van der Waals surface area contributed by atoms with Crippen molar-refractivity contribution in [3.8, 4) is 0 Å². The summed E-state index contributed by atoms with van der Waals surface area (Å²) in [6.45, 7) is 6.49. The van der Waals surface area contributed by atoms with E-state index in [4.69, 9.17) is 0 Å². The number of carbonyl (C=O) groups excluding carboxylic acids is 1. The lowest BCUT2D eigenvalue weighted by molar-refractivity contribution is -0.131. The molecule has 0 radical (unpaired) electrons. The zero-order valence-corrected chi connectivity index (χ0v) is 14.0. The number of amides is 1. The van der Waals surface area contributed by atoms with Crippen LogP contribution in [0.3, 0.4) is 0 Å². The van der Waals surface area contributed by atoms with Crippen LogP contribution in [0, 0.1) is 0 Å². The standard InChI is InChI=1S/C15H23N3OS2/c19-15(11-16-3-5-17-6-9-20-10-7-17)18-4-1-14-13(12-18)2-8-21-14/h2,8,16H,1,3-7,9-12H2. The highest BCUT2D eigenvalue weighted by Gasteiger charge is 2.20. The van der Waals surface area contributed by atoms with E-state index in [9.17, 15) is 4.79 Å². The lowest BCUT2D eigenvalue weighted by Crippen LogP contribution is -2.43. The number of rotatable bonds is 5. The quantitative estimate of drug-likeness (QED) is 0.827. The van der Waals surface area contributed by atoms with Gasteiger partial charge in [0.1, 0.15) is 0 Å². The number of hydrogen-bond acceptors (Lipinski definition) is 5. The fraction of sp³-hybridized carbons (Fsp3) is 0.667. The first-order valence-electron chi connectivity index (χ1n) is 7.67. The zero-order chi connectivity index (χ0) is 14.5. The third-order valence-electron chi connectivity index (χ3n) is 4.15. The summed E-state index contributed by atoms with van der Waals surface area (Å²) in [5, 5.41) is 5.44. The van der Waals surface area contributed by atoms with Crippen LogP contribution in [-0.4, -0.2) is 66.5 Å². The average molecular weight is 326 g/mol. The summed E-state index contributed by atoms with van der Waals surface area (Å²) in [5.74, 6) is 2.73. The molecule has 116 valence electrons. The van der Waals surface area contributed by atoms with Gasteiger partial charge in [0, 0.05) is 55.7 Å². The van der Waals surface area contributed by atoms with Crippen molar-refractivity contribution in [1.29, 1.82) is 0 Å². The maximum absolute atomic E-state index is 12.2. The van der Waals surface area contributed by atoms with E-state index in [0.29, 0.717) is 6.54 Å². The summed E-state index contributed by atoms with van der Waals surface area (Å²) in [4.78, 5) is 18.1. The summed E-state index contributed by atoms with van der Waals surface area (Å²) in [6, 6.07) is 2.15. The van der Waals surface area contributed by atoms with Crippen LogP contribution in [0.25, 0.3) is 0 Å². The number of nitrogens with one attached hydrogen (secondary N) is 1. The molecule has 4 nitrogen and oxygen atoms in total.